The summed E-state index contributed by atoms with van der Waals surface area (Å²) in [5.41, 5.74) is -0.0521. The molecule has 0 aromatic heterocycles. The first-order valence-electron chi connectivity index (χ1n) is 4.84. The summed E-state index contributed by atoms with van der Waals surface area (Å²) in [7, 11) is 0. The first-order valence-corrected chi connectivity index (χ1v) is 4.84. The topological polar surface area (TPSA) is 40.5 Å². The van der Waals surface area contributed by atoms with Crippen LogP contribution in [-0.2, 0) is 0 Å². The van der Waals surface area contributed by atoms with Gasteiger partial charge in [0.05, 0.1) is 0 Å². The molecule has 0 fully saturated rings. The fourth-order valence-corrected chi connectivity index (χ4v) is 1.76. The minimum absolute atomic E-state index is 0.0521. The lowest BCUT2D eigenvalue weighted by Crippen LogP contribution is -2.32. The van der Waals surface area contributed by atoms with E-state index in [2.05, 4.69) is 20.8 Å². The monoisotopic (exact) mass is 174 g/mol. The molecule has 0 saturated carbocycles. The summed E-state index contributed by atoms with van der Waals surface area (Å²) in [6.45, 7) is 6.71. The second kappa shape index (κ2) is 5.55. The van der Waals surface area contributed by atoms with Crippen LogP contribution in [0.25, 0.3) is 0 Å². The van der Waals surface area contributed by atoms with Crippen molar-refractivity contribution in [1.29, 1.82) is 0 Å². The maximum atomic E-state index is 9.30. The zero-order valence-electron chi connectivity index (χ0n) is 8.51. The summed E-state index contributed by atoms with van der Waals surface area (Å²) in [5.74, 6) is 0.439. The van der Waals surface area contributed by atoms with Crippen LogP contribution in [0.4, 0.5) is 0 Å². The van der Waals surface area contributed by atoms with Gasteiger partial charge in [-0.3, -0.25) is 0 Å². The SMILES string of the molecule is CCCC(CO)(CCO)C(C)C. The van der Waals surface area contributed by atoms with E-state index in [1.165, 1.54) is 0 Å². The summed E-state index contributed by atoms with van der Waals surface area (Å²) >= 11 is 0. The van der Waals surface area contributed by atoms with Gasteiger partial charge in [0.1, 0.15) is 0 Å². The smallest absolute Gasteiger partial charge is 0.0490 e. The van der Waals surface area contributed by atoms with Gasteiger partial charge in [0.2, 0.25) is 0 Å². The van der Waals surface area contributed by atoms with Gasteiger partial charge >= 0.3 is 0 Å². The number of aliphatic hydroxyl groups excluding tert-OH is 2. The van der Waals surface area contributed by atoms with Gasteiger partial charge in [-0.25, -0.2) is 0 Å². The standard InChI is InChI=1S/C10H22O2/c1-4-5-10(8-12,6-7-11)9(2)3/h9,11-12H,4-8H2,1-3H3. The van der Waals surface area contributed by atoms with E-state index < -0.39 is 0 Å². The second-order valence-electron chi connectivity index (χ2n) is 3.90. The van der Waals surface area contributed by atoms with E-state index in [0.717, 1.165) is 19.3 Å². The molecule has 12 heavy (non-hydrogen) atoms. The molecule has 0 radical (unpaired) electrons. The van der Waals surface area contributed by atoms with Gasteiger partial charge < -0.3 is 10.2 Å². The Morgan fingerprint density at radius 1 is 1.17 bits per heavy atom. The van der Waals surface area contributed by atoms with E-state index in [0.29, 0.717) is 5.92 Å². The first-order chi connectivity index (χ1) is 5.63. The highest BCUT2D eigenvalue weighted by Gasteiger charge is 2.31. The quantitative estimate of drug-likeness (QED) is 0.644. The predicted octanol–water partition coefficient (Wildman–Crippen LogP) is 1.80. The summed E-state index contributed by atoms with van der Waals surface area (Å²) in [6.07, 6.45) is 2.79. The Kier molecular flexibility index (Phi) is 5.51. The van der Waals surface area contributed by atoms with E-state index >= 15 is 0 Å². The molecule has 0 aliphatic carbocycles. The molecule has 2 nitrogen and oxygen atoms in total. The van der Waals surface area contributed by atoms with E-state index in [9.17, 15) is 5.11 Å². The Bertz CT molecular complexity index is 104. The van der Waals surface area contributed by atoms with Crippen LogP contribution in [0.5, 0.6) is 0 Å². The fraction of sp³-hybridized carbons (Fsp3) is 1.00. The Balaban J connectivity index is 4.28. The molecule has 1 atom stereocenters. The predicted molar refractivity (Wildman–Crippen MR) is 51.0 cm³/mol. The van der Waals surface area contributed by atoms with Crippen molar-refractivity contribution in [3.05, 3.63) is 0 Å². The summed E-state index contributed by atoms with van der Waals surface area (Å²) in [6, 6.07) is 0. The third kappa shape index (κ3) is 2.76. The lowest BCUT2D eigenvalue weighted by molar-refractivity contribution is 0.0392. The van der Waals surface area contributed by atoms with Crippen molar-refractivity contribution in [2.45, 2.75) is 40.0 Å². The largest absolute Gasteiger partial charge is 0.396 e. The second-order valence-corrected chi connectivity index (χ2v) is 3.90. The molecule has 0 amide bonds. The Hall–Kier alpha value is -0.0800. The molecular weight excluding hydrogens is 152 g/mol. The van der Waals surface area contributed by atoms with E-state index in [1.807, 2.05) is 0 Å². The van der Waals surface area contributed by atoms with Gasteiger partial charge in [-0.15, -0.1) is 0 Å². The van der Waals surface area contributed by atoms with Crippen molar-refractivity contribution in [2.75, 3.05) is 13.2 Å². The van der Waals surface area contributed by atoms with Crippen LogP contribution in [0.3, 0.4) is 0 Å². The molecule has 0 spiro atoms. The molecule has 0 aliphatic rings. The zero-order valence-corrected chi connectivity index (χ0v) is 8.51. The van der Waals surface area contributed by atoms with Crippen molar-refractivity contribution >= 4 is 0 Å². The highest BCUT2D eigenvalue weighted by molar-refractivity contribution is 4.81. The van der Waals surface area contributed by atoms with Crippen LogP contribution in [0.2, 0.25) is 0 Å². The molecular formula is C10H22O2. The first kappa shape index (κ1) is 11.9. The van der Waals surface area contributed by atoms with Crippen molar-refractivity contribution in [1.82, 2.24) is 0 Å². The van der Waals surface area contributed by atoms with Crippen molar-refractivity contribution < 1.29 is 10.2 Å². The third-order valence-corrected chi connectivity index (χ3v) is 2.90. The summed E-state index contributed by atoms with van der Waals surface area (Å²) in [4.78, 5) is 0. The fourth-order valence-electron chi connectivity index (χ4n) is 1.76. The van der Waals surface area contributed by atoms with Crippen LogP contribution in [0, 0.1) is 11.3 Å². The number of hydrogen-bond acceptors (Lipinski definition) is 2. The van der Waals surface area contributed by atoms with E-state index in [-0.39, 0.29) is 18.6 Å². The summed E-state index contributed by atoms with van der Waals surface area (Å²) < 4.78 is 0. The van der Waals surface area contributed by atoms with Crippen LogP contribution < -0.4 is 0 Å². The molecule has 0 aromatic rings. The maximum Gasteiger partial charge on any atom is 0.0490 e. The van der Waals surface area contributed by atoms with E-state index in [1.54, 1.807) is 0 Å². The normalized spacial score (nSPS) is 16.5. The molecule has 74 valence electrons. The lowest BCUT2D eigenvalue weighted by atomic mass is 9.72. The molecule has 0 aromatic carbocycles. The molecule has 0 heterocycles. The lowest BCUT2D eigenvalue weighted by Gasteiger charge is -2.35. The molecule has 0 bridgehead atoms. The van der Waals surface area contributed by atoms with Gasteiger partial charge in [-0.05, 0) is 24.2 Å². The van der Waals surface area contributed by atoms with Gasteiger partial charge in [0.25, 0.3) is 0 Å². The minimum Gasteiger partial charge on any atom is -0.396 e. The highest BCUT2D eigenvalue weighted by atomic mass is 16.3. The van der Waals surface area contributed by atoms with Gasteiger partial charge in [0, 0.05) is 13.2 Å². The Labute approximate surface area is 75.6 Å². The summed E-state index contributed by atoms with van der Waals surface area (Å²) in [5, 5.41) is 18.2. The van der Waals surface area contributed by atoms with Crippen molar-refractivity contribution in [3.8, 4) is 0 Å². The molecule has 0 aliphatic heterocycles. The van der Waals surface area contributed by atoms with Crippen LogP contribution in [0.15, 0.2) is 0 Å². The maximum absolute atomic E-state index is 9.30. The Morgan fingerprint density at radius 2 is 1.75 bits per heavy atom. The molecule has 2 N–H and O–H groups in total. The van der Waals surface area contributed by atoms with Crippen LogP contribution in [-0.4, -0.2) is 23.4 Å². The number of hydrogen-bond donors (Lipinski definition) is 2. The molecule has 2 heteroatoms. The molecule has 0 rings (SSSR count). The number of rotatable bonds is 6. The molecule has 0 saturated heterocycles. The van der Waals surface area contributed by atoms with Gasteiger partial charge in [-0.2, -0.15) is 0 Å². The third-order valence-electron chi connectivity index (χ3n) is 2.90. The van der Waals surface area contributed by atoms with Gasteiger partial charge in [-0.1, -0.05) is 27.2 Å². The average Bonchev–Trinajstić information content (AvgIpc) is 2.03. The average molecular weight is 174 g/mol. The highest BCUT2D eigenvalue weighted by Crippen LogP contribution is 2.35. The Morgan fingerprint density at radius 3 is 2.00 bits per heavy atom. The molecule has 1 unspecified atom stereocenters. The number of aliphatic hydroxyl groups is 2. The minimum atomic E-state index is -0.0521. The van der Waals surface area contributed by atoms with Crippen LogP contribution >= 0.6 is 0 Å². The van der Waals surface area contributed by atoms with E-state index in [4.69, 9.17) is 5.11 Å². The van der Waals surface area contributed by atoms with Crippen molar-refractivity contribution in [2.24, 2.45) is 11.3 Å². The van der Waals surface area contributed by atoms with Crippen molar-refractivity contribution in [3.63, 3.8) is 0 Å². The van der Waals surface area contributed by atoms with Gasteiger partial charge in [0.15, 0.2) is 0 Å². The van der Waals surface area contributed by atoms with Crippen LogP contribution in [0.1, 0.15) is 40.0 Å². The zero-order chi connectivity index (χ0) is 9.61.